The summed E-state index contributed by atoms with van der Waals surface area (Å²) in [5.74, 6) is 1.06. The highest BCUT2D eigenvalue weighted by atomic mass is 16.5. The molecule has 0 aliphatic carbocycles. The quantitative estimate of drug-likeness (QED) is 0.363. The Morgan fingerprint density at radius 3 is 2.53 bits per heavy atom. The number of hydrogen-bond donors (Lipinski definition) is 0. The van der Waals surface area contributed by atoms with Crippen molar-refractivity contribution in [2.24, 2.45) is 0 Å². The van der Waals surface area contributed by atoms with Crippen LogP contribution in [0.4, 0.5) is 5.69 Å². The summed E-state index contributed by atoms with van der Waals surface area (Å²) < 4.78 is 6.01. The molecule has 0 radical (unpaired) electrons. The molecule has 1 aliphatic rings. The molecular weight excluding hydrogens is 394 g/mol. The zero-order valence-corrected chi connectivity index (χ0v) is 18.5. The molecule has 5 rings (SSSR count). The van der Waals surface area contributed by atoms with Gasteiger partial charge in [0, 0.05) is 24.6 Å². The number of nitrogens with zero attached hydrogens (tertiary/aromatic N) is 1. The largest absolute Gasteiger partial charge is 0.489 e. The van der Waals surface area contributed by atoms with Crippen LogP contribution in [-0.4, -0.2) is 12.5 Å². The lowest BCUT2D eigenvalue weighted by molar-refractivity contribution is -0.119. The first-order valence-corrected chi connectivity index (χ1v) is 11.2. The molecule has 4 aromatic rings. The number of hydrogen-bond acceptors (Lipinski definition) is 2. The van der Waals surface area contributed by atoms with Crippen LogP contribution < -0.4 is 9.64 Å². The van der Waals surface area contributed by atoms with E-state index < -0.39 is 0 Å². The van der Waals surface area contributed by atoms with Crippen molar-refractivity contribution in [1.82, 2.24) is 0 Å². The van der Waals surface area contributed by atoms with Gasteiger partial charge in [-0.1, -0.05) is 72.3 Å². The first-order valence-electron chi connectivity index (χ1n) is 11.2. The Bertz CT molecular complexity index is 1280. The number of carbonyl (C=O) groups excluding carboxylic acids is 1. The normalized spacial score (nSPS) is 15.6. The van der Waals surface area contributed by atoms with E-state index in [-0.39, 0.29) is 11.8 Å². The molecule has 3 nitrogen and oxygen atoms in total. The molecule has 0 saturated carbocycles. The third-order valence-electron chi connectivity index (χ3n) is 6.35. The second-order valence-corrected chi connectivity index (χ2v) is 8.46. The summed E-state index contributed by atoms with van der Waals surface area (Å²) in [6, 6.07) is 29.3. The lowest BCUT2D eigenvalue weighted by Crippen LogP contribution is -2.36. The summed E-state index contributed by atoms with van der Waals surface area (Å²) in [5.41, 5.74) is 5.82. The van der Waals surface area contributed by atoms with Gasteiger partial charge in [-0.25, -0.2) is 0 Å². The van der Waals surface area contributed by atoms with Crippen LogP contribution in [0.25, 0.3) is 10.8 Å². The highest BCUT2D eigenvalue weighted by molar-refractivity contribution is 6.03. The summed E-state index contributed by atoms with van der Waals surface area (Å²) in [7, 11) is 0. The molecule has 160 valence electrons. The van der Waals surface area contributed by atoms with Crippen LogP contribution >= 0.6 is 0 Å². The van der Waals surface area contributed by atoms with E-state index in [2.05, 4.69) is 79.7 Å². The van der Waals surface area contributed by atoms with E-state index in [0.29, 0.717) is 19.6 Å². The fraction of sp³-hybridized carbons (Fsp3) is 0.207. The number of amides is 1. The minimum absolute atomic E-state index is 0.0391. The van der Waals surface area contributed by atoms with Crippen LogP contribution in [0.15, 0.2) is 84.9 Å². The zero-order chi connectivity index (χ0) is 22.1. The van der Waals surface area contributed by atoms with Gasteiger partial charge in [0.05, 0.1) is 0 Å². The molecule has 0 spiro atoms. The summed E-state index contributed by atoms with van der Waals surface area (Å²) >= 11 is 0. The number of carbonyl (C=O) groups is 1. The molecule has 0 bridgehead atoms. The van der Waals surface area contributed by atoms with E-state index in [9.17, 15) is 4.79 Å². The van der Waals surface area contributed by atoms with Crippen LogP contribution in [0.5, 0.6) is 5.75 Å². The molecule has 0 aromatic heterocycles. The second kappa shape index (κ2) is 8.51. The van der Waals surface area contributed by atoms with Crippen LogP contribution in [0, 0.1) is 6.92 Å². The smallest absolute Gasteiger partial charge is 0.227 e. The number of anilines is 1. The molecule has 0 N–H and O–H groups in total. The standard InChI is InChI=1S/C29H27NO2/c1-3-30-27-16-13-22-9-4-5-10-25(22)29(27)26(18-28(30)31)23-11-14-24(15-12-23)32-19-21-8-6-7-20(2)17-21/h4-17,26H,3,18-19H2,1-2H3. The predicted octanol–water partition coefficient (Wildman–Crippen LogP) is 6.62. The van der Waals surface area contributed by atoms with E-state index in [1.807, 2.05) is 24.0 Å². The van der Waals surface area contributed by atoms with E-state index in [1.165, 1.54) is 21.9 Å². The van der Waals surface area contributed by atoms with Gasteiger partial charge in [0.2, 0.25) is 5.91 Å². The third-order valence-corrected chi connectivity index (χ3v) is 6.35. The first kappa shape index (κ1) is 20.3. The van der Waals surface area contributed by atoms with Crippen LogP contribution in [-0.2, 0) is 11.4 Å². The van der Waals surface area contributed by atoms with E-state index in [0.717, 1.165) is 22.6 Å². The minimum Gasteiger partial charge on any atom is -0.489 e. The maximum atomic E-state index is 13.0. The molecule has 1 atom stereocenters. The zero-order valence-electron chi connectivity index (χ0n) is 18.5. The number of benzene rings is 4. The minimum atomic E-state index is 0.0391. The Labute approximate surface area is 189 Å². The summed E-state index contributed by atoms with van der Waals surface area (Å²) in [6.45, 7) is 5.35. The van der Waals surface area contributed by atoms with Crippen molar-refractivity contribution in [3.63, 3.8) is 0 Å². The second-order valence-electron chi connectivity index (χ2n) is 8.46. The van der Waals surface area contributed by atoms with E-state index >= 15 is 0 Å². The Balaban J connectivity index is 1.47. The van der Waals surface area contributed by atoms with Crippen molar-refractivity contribution in [2.75, 3.05) is 11.4 Å². The lowest BCUT2D eigenvalue weighted by Gasteiger charge is -2.34. The highest BCUT2D eigenvalue weighted by Crippen LogP contribution is 2.44. The van der Waals surface area contributed by atoms with Crippen LogP contribution in [0.1, 0.15) is 41.5 Å². The molecule has 1 heterocycles. The topological polar surface area (TPSA) is 29.5 Å². The third kappa shape index (κ3) is 3.75. The summed E-state index contributed by atoms with van der Waals surface area (Å²) in [4.78, 5) is 14.9. The molecule has 32 heavy (non-hydrogen) atoms. The van der Waals surface area contributed by atoms with Crippen LogP contribution in [0.3, 0.4) is 0 Å². The maximum absolute atomic E-state index is 13.0. The van der Waals surface area contributed by atoms with Crippen LogP contribution in [0.2, 0.25) is 0 Å². The molecule has 0 fully saturated rings. The number of ether oxygens (including phenoxy) is 1. The number of aryl methyl sites for hydroxylation is 1. The average Bonchev–Trinajstić information content (AvgIpc) is 2.82. The van der Waals surface area contributed by atoms with E-state index in [4.69, 9.17) is 4.74 Å². The fourth-order valence-corrected chi connectivity index (χ4v) is 4.80. The monoisotopic (exact) mass is 421 g/mol. The SMILES string of the molecule is CCN1C(=O)CC(c2ccc(OCc3cccc(C)c3)cc2)c2c1ccc1ccccc21. The van der Waals surface area contributed by atoms with E-state index in [1.54, 1.807) is 0 Å². The Hall–Kier alpha value is -3.59. The molecule has 0 saturated heterocycles. The van der Waals surface area contributed by atoms with Gasteiger partial charge in [-0.3, -0.25) is 4.79 Å². The van der Waals surface area contributed by atoms with Crippen molar-refractivity contribution in [3.8, 4) is 5.75 Å². The summed E-state index contributed by atoms with van der Waals surface area (Å²) in [5, 5.41) is 2.43. The van der Waals surface area contributed by atoms with Gasteiger partial charge in [0.15, 0.2) is 0 Å². The van der Waals surface area contributed by atoms with Gasteiger partial charge in [-0.2, -0.15) is 0 Å². The van der Waals surface area contributed by atoms with Gasteiger partial charge < -0.3 is 9.64 Å². The van der Waals surface area contributed by atoms with Crippen molar-refractivity contribution >= 4 is 22.4 Å². The Kier molecular flexibility index (Phi) is 5.40. The van der Waals surface area contributed by atoms with Gasteiger partial charge in [-0.15, -0.1) is 0 Å². The fourth-order valence-electron chi connectivity index (χ4n) is 4.80. The molecule has 4 aromatic carbocycles. The first-order chi connectivity index (χ1) is 15.6. The molecule has 3 heteroatoms. The summed E-state index contributed by atoms with van der Waals surface area (Å²) in [6.07, 6.45) is 0.484. The maximum Gasteiger partial charge on any atom is 0.227 e. The number of rotatable bonds is 5. The average molecular weight is 422 g/mol. The molecule has 1 aliphatic heterocycles. The number of fused-ring (bicyclic) bond motifs is 3. The Morgan fingerprint density at radius 1 is 0.938 bits per heavy atom. The molecule has 1 unspecified atom stereocenters. The lowest BCUT2D eigenvalue weighted by atomic mass is 9.81. The highest BCUT2D eigenvalue weighted by Gasteiger charge is 2.32. The van der Waals surface area contributed by atoms with Crippen molar-refractivity contribution in [2.45, 2.75) is 32.8 Å². The molecular formula is C29H27NO2. The van der Waals surface area contributed by atoms with Crippen molar-refractivity contribution in [3.05, 3.63) is 107 Å². The van der Waals surface area contributed by atoms with Crippen molar-refractivity contribution in [1.29, 1.82) is 0 Å². The molecule has 1 amide bonds. The van der Waals surface area contributed by atoms with Gasteiger partial charge in [0.25, 0.3) is 0 Å². The Morgan fingerprint density at radius 2 is 1.75 bits per heavy atom. The van der Waals surface area contributed by atoms with Gasteiger partial charge in [-0.05, 0) is 59.5 Å². The van der Waals surface area contributed by atoms with Gasteiger partial charge in [0.1, 0.15) is 12.4 Å². The van der Waals surface area contributed by atoms with Gasteiger partial charge >= 0.3 is 0 Å². The van der Waals surface area contributed by atoms with Crippen molar-refractivity contribution < 1.29 is 9.53 Å². The predicted molar refractivity (Wildman–Crippen MR) is 130 cm³/mol.